The molecule has 3 aromatic rings. The van der Waals surface area contributed by atoms with Crippen LogP contribution in [0.2, 0.25) is 0 Å². The minimum Gasteiger partial charge on any atom is -0.322 e. The number of anilines is 1. The number of nitrogens with zero attached hydrogens (tertiary/aromatic N) is 3. The van der Waals surface area contributed by atoms with Gasteiger partial charge in [-0.2, -0.15) is 5.10 Å². The van der Waals surface area contributed by atoms with E-state index in [9.17, 15) is 4.79 Å². The summed E-state index contributed by atoms with van der Waals surface area (Å²) >= 11 is 3.16. The number of hydrogen-bond acceptors (Lipinski definition) is 5. The van der Waals surface area contributed by atoms with Crippen LogP contribution >= 0.6 is 23.5 Å². The van der Waals surface area contributed by atoms with E-state index in [1.165, 1.54) is 17.3 Å². The first kappa shape index (κ1) is 18.8. The Bertz CT molecular complexity index is 1040. The molecule has 4 rings (SSSR count). The summed E-state index contributed by atoms with van der Waals surface area (Å²) < 4.78 is 2.79. The SMILES string of the molecule is Cc1nn(-c2ccccc2)c(C)c1NC(=O)CSC1=Nc2ccccc2CS1. The van der Waals surface area contributed by atoms with Gasteiger partial charge in [0, 0.05) is 5.75 Å². The monoisotopic (exact) mass is 408 g/mol. The van der Waals surface area contributed by atoms with Crippen LogP contribution in [0.15, 0.2) is 59.6 Å². The predicted molar refractivity (Wildman–Crippen MR) is 119 cm³/mol. The number of amides is 1. The number of thioether (sulfide) groups is 2. The van der Waals surface area contributed by atoms with Gasteiger partial charge in [0.25, 0.3) is 0 Å². The first-order valence-corrected chi connectivity index (χ1v) is 10.9. The lowest BCUT2D eigenvalue weighted by Crippen LogP contribution is -2.16. The standard InChI is InChI=1S/C21H20N4OS2/c1-14-20(15(2)25(24-14)17-9-4-3-5-10-17)23-19(26)13-28-21-22-18-11-7-6-8-16(18)12-27-21/h3-11H,12-13H2,1-2H3,(H,23,26). The van der Waals surface area contributed by atoms with Crippen LogP contribution in [0.1, 0.15) is 17.0 Å². The molecule has 28 heavy (non-hydrogen) atoms. The number of fused-ring (bicyclic) bond motifs is 1. The van der Waals surface area contributed by atoms with Gasteiger partial charge in [-0.25, -0.2) is 9.67 Å². The summed E-state index contributed by atoms with van der Waals surface area (Å²) in [5.74, 6) is 1.17. The van der Waals surface area contributed by atoms with Crippen LogP contribution in [0.4, 0.5) is 11.4 Å². The number of carbonyl (C=O) groups is 1. The number of aliphatic imine (C=N–C) groups is 1. The zero-order valence-corrected chi connectivity index (χ0v) is 17.3. The Balaban J connectivity index is 1.42. The Kier molecular flexibility index (Phi) is 5.54. The fraction of sp³-hybridized carbons (Fsp3) is 0.190. The summed E-state index contributed by atoms with van der Waals surface area (Å²) in [6.07, 6.45) is 0. The molecular formula is C21H20N4OS2. The fourth-order valence-corrected chi connectivity index (χ4v) is 4.90. The highest BCUT2D eigenvalue weighted by atomic mass is 32.2. The summed E-state index contributed by atoms with van der Waals surface area (Å²) in [5, 5.41) is 7.60. The topological polar surface area (TPSA) is 59.3 Å². The molecule has 1 aromatic heterocycles. The highest BCUT2D eigenvalue weighted by Gasteiger charge is 2.17. The van der Waals surface area contributed by atoms with Crippen molar-refractivity contribution < 1.29 is 4.79 Å². The van der Waals surface area contributed by atoms with E-state index in [4.69, 9.17) is 0 Å². The molecule has 0 fully saturated rings. The van der Waals surface area contributed by atoms with Gasteiger partial charge < -0.3 is 5.32 Å². The average molecular weight is 409 g/mol. The van der Waals surface area contributed by atoms with Crippen LogP contribution in [0.3, 0.4) is 0 Å². The lowest BCUT2D eigenvalue weighted by molar-refractivity contribution is -0.113. The minimum atomic E-state index is -0.0500. The lowest BCUT2D eigenvalue weighted by Gasteiger charge is -2.14. The van der Waals surface area contributed by atoms with E-state index in [0.29, 0.717) is 5.75 Å². The quantitative estimate of drug-likeness (QED) is 0.653. The van der Waals surface area contributed by atoms with Crippen LogP contribution in [-0.2, 0) is 10.5 Å². The van der Waals surface area contributed by atoms with Crippen molar-refractivity contribution in [2.24, 2.45) is 4.99 Å². The molecule has 1 amide bonds. The summed E-state index contributed by atoms with van der Waals surface area (Å²) in [7, 11) is 0. The third kappa shape index (κ3) is 4.00. The fourth-order valence-electron chi connectivity index (χ4n) is 3.03. The van der Waals surface area contributed by atoms with E-state index in [1.54, 1.807) is 11.8 Å². The first-order valence-electron chi connectivity index (χ1n) is 8.95. The van der Waals surface area contributed by atoms with E-state index in [2.05, 4.69) is 21.5 Å². The molecule has 1 aliphatic heterocycles. The van der Waals surface area contributed by atoms with E-state index >= 15 is 0 Å². The van der Waals surface area contributed by atoms with E-state index in [0.717, 1.165) is 38.6 Å². The van der Waals surface area contributed by atoms with Crippen molar-refractivity contribution in [3.8, 4) is 5.69 Å². The second-order valence-corrected chi connectivity index (χ2v) is 8.61. The summed E-state index contributed by atoms with van der Waals surface area (Å²) in [5.41, 5.74) is 5.71. The summed E-state index contributed by atoms with van der Waals surface area (Å²) in [4.78, 5) is 17.2. The van der Waals surface area contributed by atoms with Crippen molar-refractivity contribution >= 4 is 45.2 Å². The molecule has 2 aromatic carbocycles. The Morgan fingerprint density at radius 2 is 1.89 bits per heavy atom. The van der Waals surface area contributed by atoms with E-state index in [1.807, 2.05) is 67.1 Å². The second-order valence-electron chi connectivity index (χ2n) is 6.43. The van der Waals surface area contributed by atoms with Crippen LogP contribution < -0.4 is 5.32 Å². The normalized spacial score (nSPS) is 13.0. The molecule has 5 nitrogen and oxygen atoms in total. The van der Waals surface area contributed by atoms with Crippen LogP contribution in [0.5, 0.6) is 0 Å². The number of hydrogen-bond donors (Lipinski definition) is 1. The van der Waals surface area contributed by atoms with Crippen molar-refractivity contribution in [1.82, 2.24) is 9.78 Å². The molecule has 1 aliphatic rings. The second kappa shape index (κ2) is 8.24. The number of aryl methyl sites for hydroxylation is 1. The van der Waals surface area contributed by atoms with Gasteiger partial charge in [-0.3, -0.25) is 4.79 Å². The van der Waals surface area contributed by atoms with E-state index < -0.39 is 0 Å². The van der Waals surface area contributed by atoms with Gasteiger partial charge in [-0.1, -0.05) is 59.9 Å². The van der Waals surface area contributed by atoms with Crippen LogP contribution in [-0.4, -0.2) is 25.8 Å². The highest BCUT2D eigenvalue weighted by Crippen LogP contribution is 2.34. The molecule has 0 unspecified atom stereocenters. The van der Waals surface area contributed by atoms with Gasteiger partial charge in [0.1, 0.15) is 4.38 Å². The Morgan fingerprint density at radius 3 is 2.71 bits per heavy atom. The highest BCUT2D eigenvalue weighted by molar-refractivity contribution is 8.38. The van der Waals surface area contributed by atoms with Gasteiger partial charge in [-0.05, 0) is 37.6 Å². The Morgan fingerprint density at radius 1 is 1.14 bits per heavy atom. The summed E-state index contributed by atoms with van der Waals surface area (Å²) in [6, 6.07) is 18.0. The van der Waals surface area contributed by atoms with Gasteiger partial charge >= 0.3 is 0 Å². The van der Waals surface area contributed by atoms with Gasteiger partial charge in [-0.15, -0.1) is 0 Å². The molecule has 0 radical (unpaired) electrons. The molecule has 2 heterocycles. The largest absolute Gasteiger partial charge is 0.322 e. The molecule has 0 saturated carbocycles. The van der Waals surface area contributed by atoms with Crippen LogP contribution in [0.25, 0.3) is 5.69 Å². The van der Waals surface area contributed by atoms with Gasteiger partial charge in [0.15, 0.2) is 0 Å². The molecule has 1 N–H and O–H groups in total. The zero-order chi connectivity index (χ0) is 19.5. The predicted octanol–water partition coefficient (Wildman–Crippen LogP) is 5.10. The van der Waals surface area contributed by atoms with Gasteiger partial charge in [0.2, 0.25) is 5.91 Å². The van der Waals surface area contributed by atoms with Crippen LogP contribution in [0, 0.1) is 13.8 Å². The maximum Gasteiger partial charge on any atom is 0.234 e. The number of carbonyl (C=O) groups excluding carboxylic acids is 1. The number of aromatic nitrogens is 2. The van der Waals surface area contributed by atoms with Crippen molar-refractivity contribution in [3.63, 3.8) is 0 Å². The number of rotatable bonds is 4. The molecule has 7 heteroatoms. The third-order valence-electron chi connectivity index (χ3n) is 4.44. The van der Waals surface area contributed by atoms with Crippen molar-refractivity contribution in [2.75, 3.05) is 11.1 Å². The van der Waals surface area contributed by atoms with Crippen molar-refractivity contribution in [1.29, 1.82) is 0 Å². The number of para-hydroxylation sites is 2. The maximum atomic E-state index is 12.5. The smallest absolute Gasteiger partial charge is 0.234 e. The third-order valence-corrected chi connectivity index (χ3v) is 6.68. The van der Waals surface area contributed by atoms with Gasteiger partial charge in [0.05, 0.1) is 34.2 Å². The minimum absolute atomic E-state index is 0.0500. The molecular weight excluding hydrogens is 388 g/mol. The average Bonchev–Trinajstić information content (AvgIpc) is 3.01. The molecule has 0 atom stereocenters. The van der Waals surface area contributed by atoms with E-state index in [-0.39, 0.29) is 5.91 Å². The Hall–Kier alpha value is -2.51. The number of benzene rings is 2. The Labute approximate surface area is 172 Å². The van der Waals surface area contributed by atoms with Crippen molar-refractivity contribution in [3.05, 3.63) is 71.5 Å². The molecule has 0 saturated heterocycles. The maximum absolute atomic E-state index is 12.5. The van der Waals surface area contributed by atoms with Crippen molar-refractivity contribution in [2.45, 2.75) is 19.6 Å². The molecule has 0 aliphatic carbocycles. The molecule has 142 valence electrons. The zero-order valence-electron chi connectivity index (χ0n) is 15.7. The molecule has 0 spiro atoms. The number of nitrogens with one attached hydrogen (secondary N) is 1. The first-order chi connectivity index (χ1) is 13.6. The summed E-state index contributed by atoms with van der Waals surface area (Å²) in [6.45, 7) is 3.88. The molecule has 0 bridgehead atoms. The lowest BCUT2D eigenvalue weighted by atomic mass is 10.2.